The molecule has 2 heterocycles. The van der Waals surface area contributed by atoms with Gasteiger partial charge in [0.15, 0.2) is 11.6 Å². The van der Waals surface area contributed by atoms with Crippen LogP contribution in [0.2, 0.25) is 0 Å². The Morgan fingerprint density at radius 2 is 1.72 bits per heavy atom. The Kier molecular flexibility index (Phi) is 4.87. The molecule has 0 radical (unpaired) electrons. The predicted octanol–water partition coefficient (Wildman–Crippen LogP) is 6.38. The highest BCUT2D eigenvalue weighted by Crippen LogP contribution is 2.34. The van der Waals surface area contributed by atoms with Gasteiger partial charge >= 0.3 is 6.36 Å². The molecule has 0 aliphatic carbocycles. The number of halogens is 3. The summed E-state index contributed by atoms with van der Waals surface area (Å²) >= 11 is 1.65. The first-order chi connectivity index (χ1) is 13.8. The lowest BCUT2D eigenvalue weighted by molar-refractivity contribution is -0.274. The first-order valence-corrected chi connectivity index (χ1v) is 9.68. The molecule has 0 atom stereocenters. The van der Waals surface area contributed by atoms with Gasteiger partial charge in [-0.25, -0.2) is 4.98 Å². The van der Waals surface area contributed by atoms with Gasteiger partial charge in [0.1, 0.15) is 5.75 Å². The van der Waals surface area contributed by atoms with Crippen molar-refractivity contribution in [1.82, 2.24) is 15.2 Å². The minimum atomic E-state index is -4.79. The van der Waals surface area contributed by atoms with E-state index in [4.69, 9.17) is 0 Å². The fourth-order valence-electron chi connectivity index (χ4n) is 3.13. The van der Waals surface area contributed by atoms with Crippen LogP contribution in [-0.2, 0) is 0 Å². The Labute approximate surface area is 169 Å². The average molecular weight is 415 g/mol. The minimum absolute atomic E-state index is 0.186. The number of benzene rings is 2. The smallest absolute Gasteiger partial charge is 0.405 e. The summed E-state index contributed by atoms with van der Waals surface area (Å²) < 4.78 is 42.1. The van der Waals surface area contributed by atoms with E-state index in [1.54, 1.807) is 17.4 Å². The molecule has 0 bridgehead atoms. The number of ether oxygens (including phenoxy) is 1. The third-order valence-electron chi connectivity index (χ3n) is 4.48. The second-order valence-electron chi connectivity index (χ2n) is 6.55. The molecule has 2 aromatic carbocycles. The van der Waals surface area contributed by atoms with Gasteiger partial charge in [-0.1, -0.05) is 24.3 Å². The zero-order valence-corrected chi connectivity index (χ0v) is 16.4. The van der Waals surface area contributed by atoms with Crippen LogP contribution >= 0.6 is 11.3 Å². The van der Waals surface area contributed by atoms with Crippen molar-refractivity contribution in [1.29, 1.82) is 0 Å². The highest BCUT2D eigenvalue weighted by molar-refractivity contribution is 7.08. The van der Waals surface area contributed by atoms with E-state index in [-0.39, 0.29) is 17.1 Å². The first-order valence-electron chi connectivity index (χ1n) is 8.73. The number of nitrogens with one attached hydrogen (secondary N) is 1. The molecule has 148 valence electrons. The van der Waals surface area contributed by atoms with Crippen molar-refractivity contribution < 1.29 is 17.9 Å². The molecule has 4 nitrogen and oxygen atoms in total. The monoisotopic (exact) mass is 415 g/mol. The SMILES string of the molecule is Cc1cc(-c2n[nH]c(-c3ccccc3OC(F)(F)F)n2)ccc1-c1cscc1C. The summed E-state index contributed by atoms with van der Waals surface area (Å²) in [6.07, 6.45) is -4.79. The summed E-state index contributed by atoms with van der Waals surface area (Å²) in [4.78, 5) is 4.38. The van der Waals surface area contributed by atoms with E-state index in [2.05, 4.69) is 37.6 Å². The van der Waals surface area contributed by atoms with Gasteiger partial charge in [-0.15, -0.1) is 13.2 Å². The van der Waals surface area contributed by atoms with Crippen molar-refractivity contribution >= 4 is 11.3 Å². The van der Waals surface area contributed by atoms with E-state index in [0.717, 1.165) is 16.7 Å². The molecule has 0 unspecified atom stereocenters. The second kappa shape index (κ2) is 7.36. The lowest BCUT2D eigenvalue weighted by atomic mass is 9.98. The summed E-state index contributed by atoms with van der Waals surface area (Å²) in [5.74, 6) is 0.274. The molecule has 8 heteroatoms. The Morgan fingerprint density at radius 1 is 0.931 bits per heavy atom. The van der Waals surface area contributed by atoms with E-state index in [0.29, 0.717) is 5.82 Å². The van der Waals surface area contributed by atoms with Gasteiger partial charge in [-0.2, -0.15) is 16.4 Å². The molecule has 0 fully saturated rings. The number of thiophene rings is 1. The quantitative estimate of drug-likeness (QED) is 0.421. The maximum atomic E-state index is 12.7. The van der Waals surface area contributed by atoms with Crippen LogP contribution in [0.4, 0.5) is 13.2 Å². The number of hydrogen-bond acceptors (Lipinski definition) is 4. The van der Waals surface area contributed by atoms with Gasteiger partial charge < -0.3 is 4.74 Å². The Balaban J connectivity index is 1.67. The second-order valence-corrected chi connectivity index (χ2v) is 7.29. The van der Waals surface area contributed by atoms with Gasteiger partial charge in [0.05, 0.1) is 5.56 Å². The molecular formula is C21H16F3N3OS. The van der Waals surface area contributed by atoms with Crippen molar-refractivity contribution in [3.05, 3.63) is 64.4 Å². The van der Waals surface area contributed by atoms with Crippen molar-refractivity contribution in [2.45, 2.75) is 20.2 Å². The number of para-hydroxylation sites is 1. The Bertz CT molecular complexity index is 1160. The van der Waals surface area contributed by atoms with E-state index in [9.17, 15) is 13.2 Å². The fourth-order valence-corrected chi connectivity index (χ4v) is 3.98. The van der Waals surface area contributed by atoms with Crippen molar-refractivity contribution in [2.24, 2.45) is 0 Å². The van der Waals surface area contributed by atoms with Crippen LogP contribution in [0.1, 0.15) is 11.1 Å². The molecule has 0 saturated heterocycles. The number of nitrogens with zero attached hydrogens (tertiary/aromatic N) is 2. The summed E-state index contributed by atoms with van der Waals surface area (Å²) in [7, 11) is 0. The van der Waals surface area contributed by atoms with Crippen LogP contribution in [0.15, 0.2) is 53.2 Å². The molecule has 0 aliphatic rings. The van der Waals surface area contributed by atoms with E-state index in [1.807, 2.05) is 25.1 Å². The number of hydrogen-bond donors (Lipinski definition) is 1. The van der Waals surface area contributed by atoms with Crippen LogP contribution in [-0.4, -0.2) is 21.5 Å². The van der Waals surface area contributed by atoms with Crippen molar-refractivity contribution in [2.75, 3.05) is 0 Å². The molecule has 1 N–H and O–H groups in total. The molecule has 0 aliphatic heterocycles. The Morgan fingerprint density at radius 3 is 2.41 bits per heavy atom. The lowest BCUT2D eigenvalue weighted by Crippen LogP contribution is -2.17. The van der Waals surface area contributed by atoms with Gasteiger partial charge in [-0.05, 0) is 65.1 Å². The molecule has 0 saturated carbocycles. The molecule has 0 spiro atoms. The van der Waals surface area contributed by atoms with Crippen LogP contribution in [0.3, 0.4) is 0 Å². The highest BCUT2D eigenvalue weighted by atomic mass is 32.1. The van der Waals surface area contributed by atoms with Gasteiger partial charge in [-0.3, -0.25) is 5.10 Å². The highest BCUT2D eigenvalue weighted by Gasteiger charge is 2.32. The molecular weight excluding hydrogens is 399 g/mol. The maximum Gasteiger partial charge on any atom is 0.573 e. The summed E-state index contributed by atoms with van der Waals surface area (Å²) in [6, 6.07) is 11.7. The number of alkyl halides is 3. The van der Waals surface area contributed by atoms with E-state index >= 15 is 0 Å². The zero-order valence-electron chi connectivity index (χ0n) is 15.5. The van der Waals surface area contributed by atoms with Crippen molar-refractivity contribution in [3.63, 3.8) is 0 Å². The minimum Gasteiger partial charge on any atom is -0.405 e. The molecule has 4 aromatic rings. The predicted molar refractivity (Wildman–Crippen MR) is 107 cm³/mol. The third-order valence-corrected chi connectivity index (χ3v) is 5.35. The number of rotatable bonds is 4. The van der Waals surface area contributed by atoms with Gasteiger partial charge in [0.25, 0.3) is 0 Å². The van der Waals surface area contributed by atoms with E-state index < -0.39 is 6.36 Å². The van der Waals surface area contributed by atoms with Crippen molar-refractivity contribution in [3.8, 4) is 39.7 Å². The number of aryl methyl sites for hydroxylation is 2. The summed E-state index contributed by atoms with van der Waals surface area (Å²) in [6.45, 7) is 4.08. The fraction of sp³-hybridized carbons (Fsp3) is 0.143. The number of H-pyrrole nitrogens is 1. The number of aromatic amines is 1. The summed E-state index contributed by atoms with van der Waals surface area (Å²) in [5, 5.41) is 11.1. The molecule has 4 rings (SSSR count). The van der Waals surface area contributed by atoms with E-state index in [1.165, 1.54) is 29.3 Å². The maximum absolute atomic E-state index is 12.7. The Hall–Kier alpha value is -3.13. The molecule has 0 amide bonds. The lowest BCUT2D eigenvalue weighted by Gasteiger charge is -2.11. The summed E-state index contributed by atoms with van der Waals surface area (Å²) in [5.41, 5.74) is 5.56. The number of aromatic nitrogens is 3. The molecule has 29 heavy (non-hydrogen) atoms. The van der Waals surface area contributed by atoms with Crippen LogP contribution in [0.25, 0.3) is 33.9 Å². The van der Waals surface area contributed by atoms with Crippen LogP contribution in [0.5, 0.6) is 5.75 Å². The first kappa shape index (κ1) is 19.2. The normalized spacial score (nSPS) is 11.6. The standard InChI is InChI=1S/C21H16F3N3OS/c1-12-9-14(7-8-15(12)17-11-29-10-13(17)2)19-25-20(27-26-19)16-5-3-4-6-18(16)28-21(22,23)24/h3-11H,1-2H3,(H,25,26,27). The van der Waals surface area contributed by atoms with Crippen LogP contribution in [0, 0.1) is 13.8 Å². The average Bonchev–Trinajstić information content (AvgIpc) is 3.30. The molecule has 2 aromatic heterocycles. The van der Waals surface area contributed by atoms with Gasteiger partial charge in [0, 0.05) is 5.56 Å². The zero-order chi connectivity index (χ0) is 20.6. The topological polar surface area (TPSA) is 50.8 Å². The third kappa shape index (κ3) is 4.02. The largest absolute Gasteiger partial charge is 0.573 e. The van der Waals surface area contributed by atoms with Gasteiger partial charge in [0.2, 0.25) is 0 Å². The van der Waals surface area contributed by atoms with Crippen LogP contribution < -0.4 is 4.74 Å².